The van der Waals surface area contributed by atoms with Crippen molar-refractivity contribution in [2.45, 2.75) is 36.9 Å². The Kier molecular flexibility index (Phi) is 7.50. The summed E-state index contributed by atoms with van der Waals surface area (Å²) in [5.74, 6) is -0.864. The fourth-order valence-corrected chi connectivity index (χ4v) is 5.92. The molecule has 1 aromatic heterocycles. The van der Waals surface area contributed by atoms with E-state index in [0.717, 1.165) is 23.3 Å². The molecule has 14 heteroatoms. The zero-order valence-corrected chi connectivity index (χ0v) is 21.1. The van der Waals surface area contributed by atoms with Crippen LogP contribution in [0.5, 0.6) is 0 Å². The van der Waals surface area contributed by atoms with E-state index in [1.807, 2.05) is 24.3 Å². The Balaban J connectivity index is 1.61. The topological polar surface area (TPSA) is 153 Å². The molecule has 2 heterocycles. The first kappa shape index (κ1) is 25.9. The number of nitrogen functional groups attached to an aromatic ring is 1. The maximum Gasteiger partial charge on any atom is 0.434 e. The van der Waals surface area contributed by atoms with E-state index in [0.29, 0.717) is 19.5 Å². The molecule has 0 aliphatic carbocycles. The van der Waals surface area contributed by atoms with E-state index in [-0.39, 0.29) is 33.6 Å². The normalized spacial score (nSPS) is 14.3. The van der Waals surface area contributed by atoms with Crippen molar-refractivity contribution in [2.24, 2.45) is 0 Å². The van der Waals surface area contributed by atoms with Gasteiger partial charge in [0.2, 0.25) is 15.9 Å². The molecule has 3 N–H and O–H groups in total. The van der Waals surface area contributed by atoms with Crippen molar-refractivity contribution in [3.8, 4) is 0 Å². The number of hydrogen-bond donors (Lipinski definition) is 2. The minimum absolute atomic E-state index is 0.0249. The number of carbonyl (C=O) groups is 1. The Morgan fingerprint density at radius 2 is 1.89 bits per heavy atom. The average Bonchev–Trinajstić information content (AvgIpc) is 3.33. The number of anilines is 1. The minimum atomic E-state index is -4.26. The number of aromatic nitrogens is 2. The largest absolute Gasteiger partial charge is 0.434 e. The molecular formula is C22H22Cl2N6O5S. The summed E-state index contributed by atoms with van der Waals surface area (Å²) >= 11 is 12.0. The second kappa shape index (κ2) is 10.4. The monoisotopic (exact) mass is 552 g/mol. The Hall–Kier alpha value is -3.19. The number of benzene rings is 2. The van der Waals surface area contributed by atoms with Gasteiger partial charge in [-0.15, -0.1) is 0 Å². The van der Waals surface area contributed by atoms with Crippen LogP contribution in [0.15, 0.2) is 53.7 Å². The molecule has 1 atom stereocenters. The third-order valence-electron chi connectivity index (χ3n) is 5.92. The van der Waals surface area contributed by atoms with E-state index in [1.165, 1.54) is 17.0 Å². The molecule has 0 fully saturated rings. The second-order valence-corrected chi connectivity index (χ2v) is 10.7. The lowest BCUT2D eigenvalue weighted by atomic mass is 9.99. The van der Waals surface area contributed by atoms with Crippen molar-refractivity contribution in [2.75, 3.05) is 12.3 Å². The highest BCUT2D eigenvalue weighted by Crippen LogP contribution is 2.31. The number of nitro groups is 1. The van der Waals surface area contributed by atoms with Crippen LogP contribution in [-0.2, 0) is 34.3 Å². The molecule has 11 nitrogen and oxygen atoms in total. The van der Waals surface area contributed by atoms with Gasteiger partial charge in [-0.2, -0.15) is 4.72 Å². The summed E-state index contributed by atoms with van der Waals surface area (Å²) in [5.41, 5.74) is 7.85. The highest BCUT2D eigenvalue weighted by molar-refractivity contribution is 7.89. The van der Waals surface area contributed by atoms with Crippen LogP contribution in [0.1, 0.15) is 17.5 Å². The summed E-state index contributed by atoms with van der Waals surface area (Å²) in [6.45, 7) is 0.694. The summed E-state index contributed by atoms with van der Waals surface area (Å²) in [4.78, 5) is 29.1. The van der Waals surface area contributed by atoms with Gasteiger partial charge in [0.05, 0.1) is 27.2 Å². The summed E-state index contributed by atoms with van der Waals surface area (Å²) in [6.07, 6.45) is 3.21. The number of carbonyl (C=O) groups excluding carboxylic acids is 1. The van der Waals surface area contributed by atoms with Crippen molar-refractivity contribution < 1.29 is 18.1 Å². The highest BCUT2D eigenvalue weighted by Gasteiger charge is 2.32. The molecule has 1 unspecified atom stereocenters. The maximum absolute atomic E-state index is 13.6. The van der Waals surface area contributed by atoms with Crippen LogP contribution in [0.4, 0.5) is 11.6 Å². The van der Waals surface area contributed by atoms with Gasteiger partial charge in [0.15, 0.2) is 0 Å². The van der Waals surface area contributed by atoms with Crippen LogP contribution in [0.25, 0.3) is 0 Å². The van der Waals surface area contributed by atoms with Crippen molar-refractivity contribution >= 4 is 50.8 Å². The van der Waals surface area contributed by atoms with Crippen molar-refractivity contribution in [3.63, 3.8) is 0 Å². The molecule has 36 heavy (non-hydrogen) atoms. The van der Waals surface area contributed by atoms with Crippen LogP contribution >= 0.6 is 23.2 Å². The molecule has 0 radical (unpaired) electrons. The van der Waals surface area contributed by atoms with E-state index < -0.39 is 32.8 Å². The zero-order valence-electron chi connectivity index (χ0n) is 18.8. The molecule has 3 aromatic rings. The van der Waals surface area contributed by atoms with Gasteiger partial charge in [-0.25, -0.2) is 13.0 Å². The van der Waals surface area contributed by atoms with Gasteiger partial charge in [0, 0.05) is 19.5 Å². The van der Waals surface area contributed by atoms with Gasteiger partial charge < -0.3 is 20.7 Å². The van der Waals surface area contributed by atoms with Crippen molar-refractivity contribution in [1.82, 2.24) is 19.2 Å². The van der Waals surface area contributed by atoms with Crippen LogP contribution in [-0.4, -0.2) is 46.3 Å². The molecule has 2 aromatic carbocycles. The summed E-state index contributed by atoms with van der Waals surface area (Å²) in [7, 11) is -4.26. The van der Waals surface area contributed by atoms with E-state index in [1.54, 1.807) is 4.90 Å². The molecule has 1 aliphatic rings. The number of amides is 1. The maximum atomic E-state index is 13.6. The molecule has 0 spiro atoms. The summed E-state index contributed by atoms with van der Waals surface area (Å²) in [6, 6.07) is 8.77. The number of nitrogens with two attached hydrogens (primary N) is 1. The van der Waals surface area contributed by atoms with Crippen LogP contribution < -0.4 is 10.5 Å². The lowest BCUT2D eigenvalue weighted by Crippen LogP contribution is -2.50. The number of imidazole rings is 1. The fraction of sp³-hybridized carbons (Fsp3) is 0.273. The Labute approximate surface area is 217 Å². The number of rotatable bonds is 8. The Morgan fingerprint density at radius 3 is 2.56 bits per heavy atom. The van der Waals surface area contributed by atoms with E-state index in [2.05, 4.69) is 9.71 Å². The minimum Gasteiger partial charge on any atom is -0.396 e. The van der Waals surface area contributed by atoms with Gasteiger partial charge in [-0.3, -0.25) is 4.79 Å². The lowest BCUT2D eigenvalue weighted by molar-refractivity contribution is -0.396. The third kappa shape index (κ3) is 5.46. The summed E-state index contributed by atoms with van der Waals surface area (Å²) in [5, 5.41) is 11.1. The number of sulfonamides is 1. The summed E-state index contributed by atoms with van der Waals surface area (Å²) < 4.78 is 30.1. The van der Waals surface area contributed by atoms with Gasteiger partial charge in [-0.1, -0.05) is 52.5 Å². The predicted octanol–water partition coefficient (Wildman–Crippen LogP) is 3.00. The zero-order chi connectivity index (χ0) is 26.0. The molecule has 1 amide bonds. The molecule has 0 saturated heterocycles. The quantitative estimate of drug-likeness (QED) is 0.247. The predicted molar refractivity (Wildman–Crippen MR) is 134 cm³/mol. The lowest BCUT2D eigenvalue weighted by Gasteiger charge is -2.32. The van der Waals surface area contributed by atoms with Crippen LogP contribution in [0.3, 0.4) is 0 Å². The van der Waals surface area contributed by atoms with Crippen LogP contribution in [0, 0.1) is 10.1 Å². The second-order valence-electron chi connectivity index (χ2n) is 8.22. The van der Waals surface area contributed by atoms with Gasteiger partial charge in [0.1, 0.15) is 18.4 Å². The van der Waals surface area contributed by atoms with Crippen LogP contribution in [0.2, 0.25) is 10.0 Å². The third-order valence-corrected chi connectivity index (χ3v) is 7.99. The van der Waals surface area contributed by atoms with E-state index >= 15 is 0 Å². The average molecular weight is 553 g/mol. The smallest absolute Gasteiger partial charge is 0.396 e. The number of hydrogen-bond acceptors (Lipinski definition) is 7. The van der Waals surface area contributed by atoms with Crippen molar-refractivity contribution in [1.29, 1.82) is 0 Å². The Bertz CT molecular complexity index is 1400. The molecule has 1 aliphatic heterocycles. The number of nitrogens with zero attached hydrogens (tertiary/aromatic N) is 4. The van der Waals surface area contributed by atoms with Gasteiger partial charge >= 0.3 is 5.95 Å². The molecule has 0 saturated carbocycles. The first-order valence-electron chi connectivity index (χ1n) is 10.8. The number of halogens is 2. The number of nitrogens with one attached hydrogen (secondary N) is 1. The van der Waals surface area contributed by atoms with Gasteiger partial charge in [-0.05, 0) is 34.6 Å². The number of fused-ring (bicyclic) bond motifs is 1. The SMILES string of the molecule is Nc1c(Cl)cc(S(=O)(=O)NC(CCn2ccnc2[N+](=O)[O-])C(=O)N2CCc3ccccc3C2)cc1Cl. The van der Waals surface area contributed by atoms with Crippen molar-refractivity contribution in [3.05, 3.63) is 80.1 Å². The van der Waals surface area contributed by atoms with Gasteiger partial charge in [0.25, 0.3) is 0 Å². The van der Waals surface area contributed by atoms with E-state index in [4.69, 9.17) is 28.9 Å². The molecule has 4 rings (SSSR count). The Morgan fingerprint density at radius 1 is 1.22 bits per heavy atom. The molecular weight excluding hydrogens is 531 g/mol. The standard InChI is InChI=1S/C22H22Cl2N6O5S/c23-17-11-16(12-18(24)20(17)25)36(34,35)27-19(6-9-28-10-7-26-22(28)30(32)33)21(31)29-8-5-14-3-1-2-4-15(14)13-29/h1-4,7,10-12,19,27H,5-6,8-9,13,25H2. The first-order chi connectivity index (χ1) is 17.1. The highest BCUT2D eigenvalue weighted by atomic mass is 35.5. The van der Waals surface area contributed by atoms with E-state index in [9.17, 15) is 23.3 Å². The molecule has 190 valence electrons. The fourth-order valence-electron chi connectivity index (χ4n) is 4.02. The molecule has 0 bridgehead atoms. The number of aryl methyl sites for hydroxylation is 1. The first-order valence-corrected chi connectivity index (χ1v) is 13.1.